The number of benzene rings is 2. The molecule has 2 N–H and O–H groups in total. The van der Waals surface area contributed by atoms with E-state index in [1.807, 2.05) is 6.07 Å². The maximum absolute atomic E-state index is 13.4. The number of fused-ring (bicyclic) bond motifs is 1. The fraction of sp³-hybridized carbons (Fsp3) is 0.263. The van der Waals surface area contributed by atoms with Crippen molar-refractivity contribution in [2.75, 3.05) is 25.1 Å². The molecule has 2 amide bonds. The zero-order valence-electron chi connectivity index (χ0n) is 14.1. The van der Waals surface area contributed by atoms with Gasteiger partial charge in [-0.3, -0.25) is 9.59 Å². The maximum Gasteiger partial charge on any atom is 0.258 e. The van der Waals surface area contributed by atoms with E-state index in [1.54, 1.807) is 24.3 Å². The van der Waals surface area contributed by atoms with Crippen molar-refractivity contribution in [1.82, 2.24) is 5.32 Å². The molecule has 0 atom stereocenters. The lowest BCUT2D eigenvalue weighted by atomic mass is 10.0. The summed E-state index contributed by atoms with van der Waals surface area (Å²) in [6, 6.07) is 11.4. The minimum atomic E-state index is -0.439. The highest BCUT2D eigenvalue weighted by Crippen LogP contribution is 2.26. The van der Waals surface area contributed by atoms with E-state index in [0.717, 1.165) is 11.3 Å². The average molecular weight is 358 g/mol. The van der Waals surface area contributed by atoms with E-state index in [4.69, 9.17) is 9.47 Å². The number of rotatable bonds is 7. The Morgan fingerprint density at radius 2 is 2.00 bits per heavy atom. The average Bonchev–Trinajstić information content (AvgIpc) is 2.65. The van der Waals surface area contributed by atoms with Gasteiger partial charge in [0.15, 0.2) is 18.2 Å². The third-order valence-corrected chi connectivity index (χ3v) is 3.86. The number of nitrogens with one attached hydrogen (secondary N) is 2. The summed E-state index contributed by atoms with van der Waals surface area (Å²) >= 11 is 0. The van der Waals surface area contributed by atoms with Crippen LogP contribution < -0.4 is 20.1 Å². The van der Waals surface area contributed by atoms with Gasteiger partial charge in [0.05, 0.1) is 6.54 Å². The van der Waals surface area contributed by atoms with E-state index >= 15 is 0 Å². The van der Waals surface area contributed by atoms with Crippen LogP contribution in [0.25, 0.3) is 0 Å². The van der Waals surface area contributed by atoms with Gasteiger partial charge >= 0.3 is 0 Å². The second-order valence-electron chi connectivity index (χ2n) is 5.78. The first kappa shape index (κ1) is 17.7. The third kappa shape index (κ3) is 4.72. The number of amides is 2. The van der Waals surface area contributed by atoms with Crippen molar-refractivity contribution < 1.29 is 23.5 Å². The van der Waals surface area contributed by atoms with Gasteiger partial charge in [-0.05, 0) is 42.3 Å². The first-order valence-electron chi connectivity index (χ1n) is 8.31. The monoisotopic (exact) mass is 358 g/mol. The molecule has 0 aromatic heterocycles. The van der Waals surface area contributed by atoms with Crippen molar-refractivity contribution in [2.45, 2.75) is 12.8 Å². The molecule has 136 valence electrons. The highest BCUT2D eigenvalue weighted by Gasteiger charge is 2.15. The van der Waals surface area contributed by atoms with E-state index < -0.39 is 5.82 Å². The molecule has 0 spiro atoms. The van der Waals surface area contributed by atoms with Gasteiger partial charge in [-0.1, -0.05) is 12.1 Å². The summed E-state index contributed by atoms with van der Waals surface area (Å²) in [5, 5.41) is 5.43. The number of halogens is 1. The molecule has 1 aliphatic rings. The normalized spacial score (nSPS) is 12.7. The second kappa shape index (κ2) is 8.33. The largest absolute Gasteiger partial charge is 0.489 e. The van der Waals surface area contributed by atoms with Gasteiger partial charge in [0.2, 0.25) is 5.91 Å². The number of para-hydroxylation sites is 1. The molecule has 26 heavy (non-hydrogen) atoms. The molecule has 1 heterocycles. The van der Waals surface area contributed by atoms with E-state index in [9.17, 15) is 14.0 Å². The van der Waals surface area contributed by atoms with Crippen LogP contribution >= 0.6 is 0 Å². The van der Waals surface area contributed by atoms with E-state index in [0.29, 0.717) is 18.6 Å². The number of carbonyl (C=O) groups excluding carboxylic acids is 2. The molecule has 0 fully saturated rings. The fourth-order valence-corrected chi connectivity index (χ4v) is 2.56. The predicted molar refractivity (Wildman–Crippen MR) is 93.8 cm³/mol. The van der Waals surface area contributed by atoms with Gasteiger partial charge in [0.25, 0.3) is 5.91 Å². The second-order valence-corrected chi connectivity index (χ2v) is 5.78. The molecular formula is C19H19FN2O4. The molecule has 2 aromatic carbocycles. The van der Waals surface area contributed by atoms with Crippen LogP contribution in [-0.2, 0) is 16.0 Å². The number of carbonyl (C=O) groups is 2. The zero-order valence-corrected chi connectivity index (χ0v) is 14.1. The van der Waals surface area contributed by atoms with Crippen LogP contribution in [0.4, 0.5) is 10.1 Å². The van der Waals surface area contributed by atoms with Gasteiger partial charge in [-0.15, -0.1) is 0 Å². The Morgan fingerprint density at radius 1 is 1.15 bits per heavy atom. The Labute approximate surface area is 150 Å². The summed E-state index contributed by atoms with van der Waals surface area (Å²) in [6.07, 6.45) is 1.09. The Hall–Kier alpha value is -3.09. The molecule has 2 aromatic rings. The maximum atomic E-state index is 13.4. The lowest BCUT2D eigenvalue weighted by molar-refractivity contribution is -0.123. The van der Waals surface area contributed by atoms with E-state index in [2.05, 4.69) is 10.6 Å². The van der Waals surface area contributed by atoms with Crippen molar-refractivity contribution in [3.05, 3.63) is 53.8 Å². The van der Waals surface area contributed by atoms with Crippen LogP contribution in [0.2, 0.25) is 0 Å². The molecule has 0 aliphatic carbocycles. The predicted octanol–water partition coefficient (Wildman–Crippen LogP) is 2.28. The number of aryl methyl sites for hydroxylation is 1. The van der Waals surface area contributed by atoms with Crippen LogP contribution in [0.3, 0.4) is 0 Å². The van der Waals surface area contributed by atoms with Gasteiger partial charge in [-0.2, -0.15) is 0 Å². The lowest BCUT2D eigenvalue weighted by Gasteiger charge is -2.17. The van der Waals surface area contributed by atoms with Gasteiger partial charge < -0.3 is 20.1 Å². The van der Waals surface area contributed by atoms with Crippen LogP contribution in [0, 0.1) is 5.82 Å². The van der Waals surface area contributed by atoms with E-state index in [-0.39, 0.29) is 37.3 Å². The first-order valence-corrected chi connectivity index (χ1v) is 8.31. The first-order chi connectivity index (χ1) is 12.6. The summed E-state index contributed by atoms with van der Waals surface area (Å²) in [7, 11) is 0. The lowest BCUT2D eigenvalue weighted by Crippen LogP contribution is -2.32. The van der Waals surface area contributed by atoms with Crippen molar-refractivity contribution in [2.24, 2.45) is 0 Å². The Balaban J connectivity index is 1.39. The van der Waals surface area contributed by atoms with Crippen molar-refractivity contribution in [1.29, 1.82) is 0 Å². The molecule has 1 aliphatic heterocycles. The van der Waals surface area contributed by atoms with E-state index in [1.165, 1.54) is 12.1 Å². The summed E-state index contributed by atoms with van der Waals surface area (Å²) in [4.78, 5) is 23.1. The molecule has 0 bridgehead atoms. The molecule has 7 heteroatoms. The standard InChI is InChI=1S/C19H19FN2O4/c20-15-3-1-2-4-17(15)25-10-9-21-19(24)12-26-14-6-7-16-13(11-14)5-8-18(23)22-16/h1-4,6-7,11H,5,8-10,12H2,(H,21,24)(H,22,23). The van der Waals surface area contributed by atoms with Crippen molar-refractivity contribution >= 4 is 17.5 Å². The topological polar surface area (TPSA) is 76.7 Å². The SMILES string of the molecule is O=C(COc1ccc2c(c1)CCC(=O)N2)NCCOc1ccccc1F. The molecule has 6 nitrogen and oxygen atoms in total. The van der Waals surface area contributed by atoms with Gasteiger partial charge in [-0.25, -0.2) is 4.39 Å². The Morgan fingerprint density at radius 3 is 2.85 bits per heavy atom. The molecule has 0 saturated heterocycles. The summed E-state index contributed by atoms with van der Waals surface area (Å²) in [5.41, 5.74) is 1.77. The van der Waals surface area contributed by atoms with Crippen LogP contribution in [0.15, 0.2) is 42.5 Å². The summed E-state index contributed by atoms with van der Waals surface area (Å²) < 4.78 is 24.1. The zero-order chi connectivity index (χ0) is 18.4. The quantitative estimate of drug-likeness (QED) is 0.745. The van der Waals surface area contributed by atoms with Crippen LogP contribution in [0.1, 0.15) is 12.0 Å². The van der Waals surface area contributed by atoms with Gasteiger partial charge in [0.1, 0.15) is 12.4 Å². The van der Waals surface area contributed by atoms with Crippen LogP contribution in [0.5, 0.6) is 11.5 Å². The summed E-state index contributed by atoms with van der Waals surface area (Å²) in [6.45, 7) is 0.267. The molecular weight excluding hydrogens is 339 g/mol. The highest BCUT2D eigenvalue weighted by molar-refractivity contribution is 5.94. The number of hydrogen-bond donors (Lipinski definition) is 2. The minimum absolute atomic E-state index is 0.00292. The van der Waals surface area contributed by atoms with Crippen LogP contribution in [-0.4, -0.2) is 31.6 Å². The Kier molecular flexibility index (Phi) is 5.68. The van der Waals surface area contributed by atoms with Crippen molar-refractivity contribution in [3.8, 4) is 11.5 Å². The molecule has 0 radical (unpaired) electrons. The number of ether oxygens (including phenoxy) is 2. The summed E-state index contributed by atoms with van der Waals surface area (Å²) in [5.74, 6) is -0.0149. The van der Waals surface area contributed by atoms with Crippen molar-refractivity contribution in [3.63, 3.8) is 0 Å². The highest BCUT2D eigenvalue weighted by atomic mass is 19.1. The number of anilines is 1. The fourth-order valence-electron chi connectivity index (χ4n) is 2.56. The molecule has 3 rings (SSSR count). The molecule has 0 saturated carbocycles. The Bertz CT molecular complexity index is 810. The molecule has 0 unspecified atom stereocenters. The van der Waals surface area contributed by atoms with Gasteiger partial charge in [0, 0.05) is 12.1 Å². The minimum Gasteiger partial charge on any atom is -0.489 e. The number of hydrogen-bond acceptors (Lipinski definition) is 4. The smallest absolute Gasteiger partial charge is 0.258 e. The third-order valence-electron chi connectivity index (χ3n) is 3.86.